The number of aryl methyl sites for hydroxylation is 2. The van der Waals surface area contributed by atoms with Gasteiger partial charge in [-0.05, 0) is 55.4 Å². The fraction of sp³-hybridized carbons (Fsp3) is 0.467. The number of nitrogens with zero attached hydrogens (tertiary/aromatic N) is 2. The normalized spacial score (nSPS) is 17.9. The van der Waals surface area contributed by atoms with Crippen LogP contribution in [-0.2, 0) is 28.4 Å². The summed E-state index contributed by atoms with van der Waals surface area (Å²) in [5, 5.41) is 6.88. The standard InChI is InChI=1S/C15H17N3O2S/c19-21(20,9-14-16-15(18-17-14)11-4-5-11)13-7-6-10-2-1-3-12(10)8-13/h6-8,11H,1-5,9H2,(H,16,17,18). The van der Waals surface area contributed by atoms with Crippen molar-refractivity contribution < 1.29 is 8.42 Å². The highest BCUT2D eigenvalue weighted by atomic mass is 32.2. The van der Waals surface area contributed by atoms with Gasteiger partial charge in [0.1, 0.15) is 11.6 Å². The second kappa shape index (κ2) is 4.66. The van der Waals surface area contributed by atoms with Crippen LogP contribution in [0.3, 0.4) is 0 Å². The van der Waals surface area contributed by atoms with Crippen molar-refractivity contribution in [2.24, 2.45) is 0 Å². The first-order valence-corrected chi connectivity index (χ1v) is 9.03. The zero-order chi connectivity index (χ0) is 14.4. The van der Waals surface area contributed by atoms with Crippen LogP contribution in [-0.4, -0.2) is 23.6 Å². The van der Waals surface area contributed by atoms with Crippen LogP contribution in [0.5, 0.6) is 0 Å². The minimum absolute atomic E-state index is 0.106. The average Bonchev–Trinajstić information content (AvgIpc) is 3.02. The molecule has 5 nitrogen and oxygen atoms in total. The lowest BCUT2D eigenvalue weighted by atomic mass is 10.1. The van der Waals surface area contributed by atoms with Crippen LogP contribution in [0.25, 0.3) is 0 Å². The summed E-state index contributed by atoms with van der Waals surface area (Å²) in [6, 6.07) is 5.50. The lowest BCUT2D eigenvalue weighted by Crippen LogP contribution is -2.07. The van der Waals surface area contributed by atoms with Gasteiger partial charge in [-0.15, -0.1) is 0 Å². The van der Waals surface area contributed by atoms with Gasteiger partial charge in [-0.1, -0.05) is 6.07 Å². The number of benzene rings is 1. The Bertz CT molecular complexity index is 791. The first kappa shape index (κ1) is 13.0. The number of rotatable bonds is 4. The van der Waals surface area contributed by atoms with E-state index >= 15 is 0 Å². The molecular weight excluding hydrogens is 286 g/mol. The highest BCUT2D eigenvalue weighted by molar-refractivity contribution is 7.90. The average molecular weight is 303 g/mol. The zero-order valence-corrected chi connectivity index (χ0v) is 12.5. The van der Waals surface area contributed by atoms with E-state index in [2.05, 4.69) is 15.2 Å². The Morgan fingerprint density at radius 1 is 1.19 bits per heavy atom. The van der Waals surface area contributed by atoms with E-state index in [-0.39, 0.29) is 5.75 Å². The molecule has 0 unspecified atom stereocenters. The molecule has 1 fully saturated rings. The number of aromatic amines is 1. The van der Waals surface area contributed by atoms with Crippen molar-refractivity contribution in [1.29, 1.82) is 0 Å². The first-order valence-electron chi connectivity index (χ1n) is 7.37. The van der Waals surface area contributed by atoms with Crippen molar-refractivity contribution in [1.82, 2.24) is 15.2 Å². The maximum Gasteiger partial charge on any atom is 0.185 e. The van der Waals surface area contributed by atoms with Crippen molar-refractivity contribution in [3.05, 3.63) is 41.0 Å². The van der Waals surface area contributed by atoms with Crippen LogP contribution in [0.2, 0.25) is 0 Å². The third-order valence-electron chi connectivity index (χ3n) is 4.25. The fourth-order valence-electron chi connectivity index (χ4n) is 2.90. The summed E-state index contributed by atoms with van der Waals surface area (Å²) in [4.78, 5) is 4.71. The smallest absolute Gasteiger partial charge is 0.185 e. The maximum absolute atomic E-state index is 12.5. The summed E-state index contributed by atoms with van der Waals surface area (Å²) in [5.41, 5.74) is 2.46. The highest BCUT2D eigenvalue weighted by Gasteiger charge is 2.28. The van der Waals surface area contributed by atoms with Crippen molar-refractivity contribution >= 4 is 9.84 Å². The van der Waals surface area contributed by atoms with Crippen molar-refractivity contribution in [2.75, 3.05) is 0 Å². The molecule has 1 N–H and O–H groups in total. The van der Waals surface area contributed by atoms with Gasteiger partial charge in [-0.25, -0.2) is 13.4 Å². The molecule has 0 bridgehead atoms. The van der Waals surface area contributed by atoms with Gasteiger partial charge in [0.15, 0.2) is 15.7 Å². The predicted octanol–water partition coefficient (Wildman–Crippen LogP) is 2.14. The van der Waals surface area contributed by atoms with E-state index in [1.165, 1.54) is 11.1 Å². The molecule has 21 heavy (non-hydrogen) atoms. The van der Waals surface area contributed by atoms with Gasteiger partial charge in [-0.2, -0.15) is 5.10 Å². The molecule has 1 aromatic heterocycles. The SMILES string of the molecule is O=S(=O)(Cc1nc(C2CC2)n[nH]1)c1ccc2c(c1)CCC2. The van der Waals surface area contributed by atoms with Gasteiger partial charge in [-0.3, -0.25) is 5.10 Å². The summed E-state index contributed by atoms with van der Waals surface area (Å²) in [6.45, 7) is 0. The molecule has 2 aromatic rings. The van der Waals surface area contributed by atoms with Crippen LogP contribution in [0.15, 0.2) is 23.1 Å². The molecule has 0 amide bonds. The molecule has 0 atom stereocenters. The molecule has 0 saturated heterocycles. The summed E-state index contributed by atoms with van der Waals surface area (Å²) >= 11 is 0. The Labute approximate surface area is 123 Å². The van der Waals surface area contributed by atoms with E-state index in [4.69, 9.17) is 0 Å². The van der Waals surface area contributed by atoms with E-state index in [9.17, 15) is 8.42 Å². The number of H-pyrrole nitrogens is 1. The van der Waals surface area contributed by atoms with Gasteiger partial charge in [0.25, 0.3) is 0 Å². The van der Waals surface area contributed by atoms with E-state index in [0.29, 0.717) is 16.6 Å². The van der Waals surface area contributed by atoms with Crippen LogP contribution in [0.1, 0.15) is 48.0 Å². The molecule has 0 aliphatic heterocycles. The monoisotopic (exact) mass is 303 g/mol. The number of fused-ring (bicyclic) bond motifs is 1. The van der Waals surface area contributed by atoms with Crippen LogP contribution in [0.4, 0.5) is 0 Å². The number of nitrogens with one attached hydrogen (secondary N) is 1. The number of hydrogen-bond acceptors (Lipinski definition) is 4. The number of aromatic nitrogens is 3. The van der Waals surface area contributed by atoms with Crippen LogP contribution < -0.4 is 0 Å². The predicted molar refractivity (Wildman–Crippen MR) is 77.7 cm³/mol. The second-order valence-electron chi connectivity index (χ2n) is 5.96. The number of sulfone groups is 1. The zero-order valence-electron chi connectivity index (χ0n) is 11.7. The van der Waals surface area contributed by atoms with E-state index < -0.39 is 9.84 Å². The second-order valence-corrected chi connectivity index (χ2v) is 7.95. The minimum atomic E-state index is -3.36. The quantitative estimate of drug-likeness (QED) is 0.939. The lowest BCUT2D eigenvalue weighted by Gasteiger charge is -2.05. The summed E-state index contributed by atoms with van der Waals surface area (Å²) in [5.74, 6) is 1.52. The Morgan fingerprint density at radius 3 is 2.81 bits per heavy atom. The minimum Gasteiger partial charge on any atom is -0.262 e. The Hall–Kier alpha value is -1.69. The molecule has 0 spiro atoms. The molecular formula is C15H17N3O2S. The summed E-state index contributed by atoms with van der Waals surface area (Å²) in [6.07, 6.45) is 5.37. The summed E-state index contributed by atoms with van der Waals surface area (Å²) < 4.78 is 25.0. The van der Waals surface area contributed by atoms with Gasteiger partial charge in [0, 0.05) is 5.92 Å². The molecule has 0 radical (unpaired) electrons. The van der Waals surface area contributed by atoms with Gasteiger partial charge in [0.2, 0.25) is 0 Å². The molecule has 2 aliphatic rings. The van der Waals surface area contributed by atoms with Gasteiger partial charge < -0.3 is 0 Å². The van der Waals surface area contributed by atoms with Crippen molar-refractivity contribution in [2.45, 2.75) is 48.7 Å². The Balaban J connectivity index is 1.60. The first-order chi connectivity index (χ1) is 10.1. The van der Waals surface area contributed by atoms with E-state index in [1.807, 2.05) is 12.1 Å². The molecule has 1 saturated carbocycles. The third kappa shape index (κ3) is 2.48. The van der Waals surface area contributed by atoms with Crippen molar-refractivity contribution in [3.8, 4) is 0 Å². The fourth-order valence-corrected chi connectivity index (χ4v) is 4.16. The van der Waals surface area contributed by atoms with E-state index in [1.54, 1.807) is 6.07 Å². The maximum atomic E-state index is 12.5. The molecule has 1 aromatic carbocycles. The Morgan fingerprint density at radius 2 is 2.00 bits per heavy atom. The van der Waals surface area contributed by atoms with Crippen LogP contribution >= 0.6 is 0 Å². The highest BCUT2D eigenvalue weighted by Crippen LogP contribution is 2.37. The lowest BCUT2D eigenvalue weighted by molar-refractivity contribution is 0.593. The molecule has 1 heterocycles. The summed E-state index contributed by atoms with van der Waals surface area (Å²) in [7, 11) is -3.36. The Kier molecular flexibility index (Phi) is 2.89. The topological polar surface area (TPSA) is 75.7 Å². The van der Waals surface area contributed by atoms with Gasteiger partial charge in [0.05, 0.1) is 4.90 Å². The molecule has 110 valence electrons. The molecule has 6 heteroatoms. The van der Waals surface area contributed by atoms with Gasteiger partial charge >= 0.3 is 0 Å². The van der Waals surface area contributed by atoms with Crippen LogP contribution in [0, 0.1) is 0 Å². The number of hydrogen-bond donors (Lipinski definition) is 1. The molecule has 2 aliphatic carbocycles. The van der Waals surface area contributed by atoms with E-state index in [0.717, 1.165) is 37.9 Å². The largest absolute Gasteiger partial charge is 0.262 e. The van der Waals surface area contributed by atoms with Crippen molar-refractivity contribution in [3.63, 3.8) is 0 Å². The molecule has 4 rings (SSSR count). The third-order valence-corrected chi connectivity index (χ3v) is 5.87.